The van der Waals surface area contributed by atoms with Crippen LogP contribution in [0.4, 0.5) is 0 Å². The highest BCUT2D eigenvalue weighted by atomic mass is 32.2. The maximum atomic E-state index is 9.57. The number of aliphatic hydroxyl groups excluding tert-OH is 1. The molecule has 20 heavy (non-hydrogen) atoms. The van der Waals surface area contributed by atoms with Gasteiger partial charge < -0.3 is 5.11 Å². The summed E-state index contributed by atoms with van der Waals surface area (Å²) in [6.07, 6.45) is 0. The highest BCUT2D eigenvalue weighted by Gasteiger charge is 2.09. The molecule has 2 nitrogen and oxygen atoms in total. The van der Waals surface area contributed by atoms with Gasteiger partial charge >= 0.3 is 0 Å². The van der Waals surface area contributed by atoms with Crippen molar-refractivity contribution in [3.05, 3.63) is 65.7 Å². The summed E-state index contributed by atoms with van der Waals surface area (Å²) < 4.78 is 0. The first kappa shape index (κ1) is 13.2. The van der Waals surface area contributed by atoms with Gasteiger partial charge in [0.15, 0.2) is 0 Å². The van der Waals surface area contributed by atoms with E-state index in [0.29, 0.717) is 0 Å². The Morgan fingerprint density at radius 3 is 2.60 bits per heavy atom. The third-order valence-electron chi connectivity index (χ3n) is 3.23. The number of aliphatic hydroxyl groups is 1. The monoisotopic (exact) mass is 281 g/mol. The molecule has 0 unspecified atom stereocenters. The number of hydrogen-bond donors (Lipinski definition) is 1. The van der Waals surface area contributed by atoms with E-state index in [1.54, 1.807) is 11.8 Å². The Labute approximate surface area is 122 Å². The number of nitrogens with zero attached hydrogens (tertiary/aromatic N) is 1. The zero-order valence-corrected chi connectivity index (χ0v) is 12.0. The number of pyridine rings is 1. The molecule has 3 aromatic rings. The van der Waals surface area contributed by atoms with E-state index >= 15 is 0 Å². The van der Waals surface area contributed by atoms with E-state index in [1.165, 1.54) is 10.5 Å². The lowest BCUT2D eigenvalue weighted by Crippen LogP contribution is -1.93. The number of aryl methyl sites for hydroxylation is 1. The third kappa shape index (κ3) is 2.55. The van der Waals surface area contributed by atoms with Crippen molar-refractivity contribution < 1.29 is 5.11 Å². The molecule has 3 heteroatoms. The molecule has 0 fully saturated rings. The Hall–Kier alpha value is -1.84. The molecule has 1 N–H and O–H groups in total. The fourth-order valence-corrected chi connectivity index (χ4v) is 3.10. The molecule has 0 saturated heterocycles. The van der Waals surface area contributed by atoms with Crippen LogP contribution < -0.4 is 0 Å². The maximum absolute atomic E-state index is 9.57. The molecule has 0 radical (unpaired) electrons. The predicted molar refractivity (Wildman–Crippen MR) is 83.0 cm³/mol. The molecule has 0 aliphatic heterocycles. The normalized spacial score (nSPS) is 10.9. The lowest BCUT2D eigenvalue weighted by Gasteiger charge is -2.10. The van der Waals surface area contributed by atoms with Gasteiger partial charge in [-0.15, -0.1) is 0 Å². The summed E-state index contributed by atoms with van der Waals surface area (Å²) in [5.74, 6) is 0. The fourth-order valence-electron chi connectivity index (χ4n) is 2.12. The summed E-state index contributed by atoms with van der Waals surface area (Å²) in [5, 5.41) is 11.5. The molecule has 100 valence electrons. The van der Waals surface area contributed by atoms with Crippen molar-refractivity contribution in [2.24, 2.45) is 0 Å². The average Bonchev–Trinajstić information content (AvgIpc) is 2.49. The molecule has 0 bridgehead atoms. The molecule has 2 aromatic carbocycles. The van der Waals surface area contributed by atoms with Gasteiger partial charge in [0, 0.05) is 15.8 Å². The number of benzene rings is 2. The fraction of sp³-hybridized carbons (Fsp3) is 0.118. The van der Waals surface area contributed by atoms with Gasteiger partial charge in [0.25, 0.3) is 0 Å². The van der Waals surface area contributed by atoms with E-state index in [4.69, 9.17) is 0 Å². The first-order valence-corrected chi connectivity index (χ1v) is 7.32. The number of para-hydroxylation sites is 1. The van der Waals surface area contributed by atoms with Gasteiger partial charge in [-0.3, -0.25) is 0 Å². The average molecular weight is 281 g/mol. The summed E-state index contributed by atoms with van der Waals surface area (Å²) in [5.41, 5.74) is 3.05. The molecule has 1 aromatic heterocycles. The lowest BCUT2D eigenvalue weighted by atomic mass is 10.2. The van der Waals surface area contributed by atoms with Crippen molar-refractivity contribution in [3.63, 3.8) is 0 Å². The number of rotatable bonds is 3. The Bertz CT molecular complexity index is 755. The lowest BCUT2D eigenvalue weighted by molar-refractivity contribution is 0.278. The van der Waals surface area contributed by atoms with Crippen molar-refractivity contribution in [2.45, 2.75) is 23.5 Å². The Morgan fingerprint density at radius 1 is 1.05 bits per heavy atom. The quantitative estimate of drug-likeness (QED) is 0.781. The van der Waals surface area contributed by atoms with Gasteiger partial charge in [-0.25, -0.2) is 4.98 Å². The topological polar surface area (TPSA) is 33.1 Å². The van der Waals surface area contributed by atoms with Crippen LogP contribution in [-0.4, -0.2) is 10.1 Å². The Kier molecular flexibility index (Phi) is 3.72. The minimum atomic E-state index is 0.00600. The van der Waals surface area contributed by atoms with Crippen LogP contribution in [0, 0.1) is 6.92 Å². The van der Waals surface area contributed by atoms with Crippen LogP contribution in [0.3, 0.4) is 0 Å². The summed E-state index contributed by atoms with van der Waals surface area (Å²) in [6.45, 7) is 2.09. The molecule has 0 saturated carbocycles. The van der Waals surface area contributed by atoms with E-state index in [0.717, 1.165) is 21.5 Å². The van der Waals surface area contributed by atoms with Crippen molar-refractivity contribution >= 4 is 22.7 Å². The summed E-state index contributed by atoms with van der Waals surface area (Å²) in [7, 11) is 0. The van der Waals surface area contributed by atoms with Gasteiger partial charge in [0.05, 0.1) is 12.1 Å². The van der Waals surface area contributed by atoms with Gasteiger partial charge in [0.1, 0.15) is 5.03 Å². The molecular formula is C17H15NOS. The molecule has 0 amide bonds. The second-order valence-electron chi connectivity index (χ2n) is 4.67. The summed E-state index contributed by atoms with van der Waals surface area (Å²) in [4.78, 5) is 5.86. The zero-order chi connectivity index (χ0) is 13.9. The van der Waals surface area contributed by atoms with Gasteiger partial charge in [-0.1, -0.05) is 48.2 Å². The minimum absolute atomic E-state index is 0.00600. The first-order chi connectivity index (χ1) is 9.78. The van der Waals surface area contributed by atoms with E-state index in [-0.39, 0.29) is 6.61 Å². The van der Waals surface area contributed by atoms with Crippen molar-refractivity contribution in [1.29, 1.82) is 0 Å². The van der Waals surface area contributed by atoms with Gasteiger partial charge in [0.2, 0.25) is 0 Å². The molecule has 1 heterocycles. The van der Waals surface area contributed by atoms with E-state index in [1.807, 2.05) is 42.5 Å². The molecule has 0 aliphatic carbocycles. The molecule has 0 aliphatic rings. The molecule has 0 spiro atoms. The van der Waals surface area contributed by atoms with Gasteiger partial charge in [-0.2, -0.15) is 0 Å². The highest BCUT2D eigenvalue weighted by Crippen LogP contribution is 2.32. The number of hydrogen-bond acceptors (Lipinski definition) is 3. The maximum Gasteiger partial charge on any atom is 0.107 e. The van der Waals surface area contributed by atoms with Crippen LogP contribution in [0.1, 0.15) is 11.1 Å². The minimum Gasteiger partial charge on any atom is -0.392 e. The van der Waals surface area contributed by atoms with Crippen LogP contribution in [0.2, 0.25) is 0 Å². The zero-order valence-electron chi connectivity index (χ0n) is 11.2. The van der Waals surface area contributed by atoms with E-state index in [2.05, 4.69) is 24.0 Å². The van der Waals surface area contributed by atoms with E-state index < -0.39 is 0 Å². The van der Waals surface area contributed by atoms with Crippen LogP contribution in [0.5, 0.6) is 0 Å². The molecule has 0 atom stereocenters. The van der Waals surface area contributed by atoms with E-state index in [9.17, 15) is 5.11 Å². The summed E-state index contributed by atoms with van der Waals surface area (Å²) in [6, 6.07) is 18.2. The van der Waals surface area contributed by atoms with Crippen LogP contribution >= 0.6 is 11.8 Å². The van der Waals surface area contributed by atoms with Crippen LogP contribution in [-0.2, 0) is 6.61 Å². The predicted octanol–water partition coefficient (Wildman–Crippen LogP) is 4.19. The van der Waals surface area contributed by atoms with Crippen LogP contribution in [0.15, 0.2) is 64.5 Å². The standard InChI is InChI=1S/C17H15NOS/c1-12-6-2-5-9-16(12)20-17-14(11-19)10-13-7-3-4-8-15(13)18-17/h2-10,19H,11H2,1H3. The van der Waals surface area contributed by atoms with Crippen molar-refractivity contribution in [1.82, 2.24) is 4.98 Å². The second kappa shape index (κ2) is 5.65. The second-order valence-corrected chi connectivity index (χ2v) is 5.70. The Balaban J connectivity index is 2.08. The largest absolute Gasteiger partial charge is 0.392 e. The van der Waals surface area contributed by atoms with Crippen molar-refractivity contribution in [2.75, 3.05) is 0 Å². The van der Waals surface area contributed by atoms with Crippen LogP contribution in [0.25, 0.3) is 10.9 Å². The van der Waals surface area contributed by atoms with Crippen molar-refractivity contribution in [3.8, 4) is 0 Å². The number of fused-ring (bicyclic) bond motifs is 1. The number of aromatic nitrogens is 1. The molecular weight excluding hydrogens is 266 g/mol. The van der Waals surface area contributed by atoms with Gasteiger partial charge in [-0.05, 0) is 30.7 Å². The summed E-state index contributed by atoms with van der Waals surface area (Å²) >= 11 is 1.61. The SMILES string of the molecule is Cc1ccccc1Sc1nc2ccccc2cc1CO. The third-order valence-corrected chi connectivity index (χ3v) is 4.46. The highest BCUT2D eigenvalue weighted by molar-refractivity contribution is 7.99. The smallest absolute Gasteiger partial charge is 0.107 e. The Morgan fingerprint density at radius 2 is 1.80 bits per heavy atom. The first-order valence-electron chi connectivity index (χ1n) is 6.51. The molecule has 3 rings (SSSR count).